The Labute approximate surface area is 838 Å². The van der Waals surface area contributed by atoms with Crippen molar-refractivity contribution < 1.29 is 53.3 Å². The summed E-state index contributed by atoms with van der Waals surface area (Å²) < 4.78 is 34.0. The van der Waals surface area contributed by atoms with Gasteiger partial charge in [0.1, 0.15) is 34.6 Å². The molecule has 4 heterocycles. The second kappa shape index (κ2) is 62.6. The first-order valence-electron chi connectivity index (χ1n) is 48.7. The minimum absolute atomic E-state index is 0.0146. The van der Waals surface area contributed by atoms with Crippen molar-refractivity contribution in [2.75, 3.05) is 94.6 Å². The van der Waals surface area contributed by atoms with Crippen molar-refractivity contribution in [1.82, 2.24) is 24.8 Å². The van der Waals surface area contributed by atoms with Gasteiger partial charge < -0.3 is 50.0 Å². The van der Waals surface area contributed by atoms with E-state index in [4.69, 9.17) is 19.7 Å². The summed E-state index contributed by atoms with van der Waals surface area (Å²) in [5, 5.41) is 47.3. The number of nitrogens with one attached hydrogen (secondary N) is 2. The molecule has 12 aromatic carbocycles. The van der Waals surface area contributed by atoms with Crippen LogP contribution in [0.4, 0.5) is 10.1 Å². The number of ether oxygens (including phenoxy) is 2. The molecule has 2 aliphatic heterocycles. The summed E-state index contributed by atoms with van der Waals surface area (Å²) in [6.45, 7) is 4.98. The number of methoxy groups -OCH3 is 2. The molecule has 0 radical (unpaired) electrons. The fraction of sp³-hybridized carbons (Fsp3) is 0.330. The van der Waals surface area contributed by atoms with Crippen LogP contribution in [0.3, 0.4) is 0 Å². The zero-order chi connectivity index (χ0) is 96.0. The van der Waals surface area contributed by atoms with Gasteiger partial charge in [0, 0.05) is 123 Å². The van der Waals surface area contributed by atoms with E-state index in [1.54, 1.807) is 36.5 Å². The van der Waals surface area contributed by atoms with Crippen LogP contribution in [0.2, 0.25) is 0 Å². The van der Waals surface area contributed by atoms with E-state index in [0.29, 0.717) is 59.5 Å². The van der Waals surface area contributed by atoms with Gasteiger partial charge in [-0.1, -0.05) is 222 Å². The Morgan fingerprint density at radius 2 is 0.826 bits per heavy atom. The monoisotopic (exact) mass is 1970 g/mol. The first kappa shape index (κ1) is 107. The van der Waals surface area contributed by atoms with Crippen LogP contribution >= 0.6 is 24.1 Å². The van der Waals surface area contributed by atoms with E-state index in [0.717, 1.165) is 54.0 Å². The number of benzene rings is 12. The largest absolute Gasteiger partial charge is 0.691 e. The summed E-state index contributed by atoms with van der Waals surface area (Å²) in [5.74, 6) is 7.27. The SMILES string of the molecule is COc1ccc(-c2ncc[nH]2)c(F)c1.COc1ccc(N2CCCCC2)cc1.Cn1cc([S+]2CCCC2)c2ccccc21.[O-]OOSCCN(CCO)CCO.[O-]OOSCCNC1CCCCC1.c1ccc([S+](c2ccccc2)c2ccc(C3CCCCC3)cc2)cc1.c1ccc([S+](c2ccccc2)c2ccc(C3CCCCC3)cc2)cc1.c1ccc([S+](c2ccccc2)c2ccccc2)cc1. The van der Waals surface area contributed by atoms with Gasteiger partial charge in [-0.3, -0.25) is 15.0 Å². The van der Waals surface area contributed by atoms with Gasteiger partial charge in [-0.15, -0.1) is 0 Å². The molecule has 23 heteroatoms. The third kappa shape index (κ3) is 35.3. The van der Waals surface area contributed by atoms with Crippen LogP contribution in [0.15, 0.2) is 395 Å². The maximum atomic E-state index is 13.5. The van der Waals surface area contributed by atoms with Gasteiger partial charge in [0.2, 0.25) is 0 Å². The number of piperidine rings is 1. The topological polar surface area (TPSA) is 194 Å². The zero-order valence-electron chi connectivity index (χ0n) is 80.0. The van der Waals surface area contributed by atoms with Crippen molar-refractivity contribution in [3.05, 3.63) is 363 Å². The quantitative estimate of drug-likeness (QED) is 0.0105. The molecule has 4 N–H and O–H groups in total. The predicted molar refractivity (Wildman–Crippen MR) is 568 cm³/mol. The molecule has 0 spiro atoms. The van der Waals surface area contributed by atoms with Gasteiger partial charge in [-0.25, -0.2) is 9.37 Å². The third-order valence-corrected chi connectivity index (χ3v) is 35.1. The summed E-state index contributed by atoms with van der Waals surface area (Å²) in [7, 11) is 5.83. The van der Waals surface area contributed by atoms with E-state index in [1.807, 2.05) is 17.0 Å². The lowest BCUT2D eigenvalue weighted by molar-refractivity contribution is -0.777. The lowest BCUT2D eigenvalue weighted by Crippen LogP contribution is -2.32. The van der Waals surface area contributed by atoms with E-state index in [9.17, 15) is 14.9 Å². The number of anilines is 1. The van der Waals surface area contributed by atoms with Crippen molar-refractivity contribution in [1.29, 1.82) is 0 Å². The highest BCUT2D eigenvalue weighted by Gasteiger charge is 2.34. The lowest BCUT2D eigenvalue weighted by Gasteiger charge is -2.28. The van der Waals surface area contributed by atoms with Crippen LogP contribution < -0.4 is 30.2 Å². The number of para-hydroxylation sites is 1. The number of aryl methyl sites for hydroxylation is 1. The number of aromatic amines is 1. The molecule has 728 valence electrons. The molecule has 138 heavy (non-hydrogen) atoms. The number of halogens is 1. The minimum Gasteiger partial charge on any atom is -0.691 e. The summed E-state index contributed by atoms with van der Waals surface area (Å²) in [4.78, 5) is 25.2. The molecule has 2 aromatic heterocycles. The van der Waals surface area contributed by atoms with E-state index in [1.165, 1.54) is 238 Å². The number of hydrogen-bond acceptors (Lipinski definition) is 16. The molecular formula is C115H137FN6O10S6+2. The second-order valence-electron chi connectivity index (χ2n) is 34.2. The highest BCUT2D eigenvalue weighted by Crippen LogP contribution is 2.40. The van der Waals surface area contributed by atoms with Crippen molar-refractivity contribution >= 4 is 84.3 Å². The van der Waals surface area contributed by atoms with Gasteiger partial charge in [0.15, 0.2) is 49.0 Å². The Bertz CT molecular complexity index is 5210. The third-order valence-electron chi connectivity index (χ3n) is 24.9. The molecule has 16 nitrogen and oxygen atoms in total. The Morgan fingerprint density at radius 3 is 1.22 bits per heavy atom. The average molecular weight is 1970 g/mol. The molecule has 0 atom stereocenters. The van der Waals surface area contributed by atoms with Crippen molar-refractivity contribution in [3.8, 4) is 22.9 Å². The maximum absolute atomic E-state index is 13.5. The lowest BCUT2D eigenvalue weighted by atomic mass is 9.84. The number of imidazole rings is 1. The number of H-pyrrole nitrogens is 1. The van der Waals surface area contributed by atoms with E-state index in [-0.39, 0.29) is 51.7 Å². The Kier molecular flexibility index (Phi) is 48.6. The van der Waals surface area contributed by atoms with E-state index < -0.39 is 0 Å². The van der Waals surface area contributed by atoms with Crippen LogP contribution in [0.25, 0.3) is 22.3 Å². The Hall–Kier alpha value is -9.58. The summed E-state index contributed by atoms with van der Waals surface area (Å²) in [6, 6.07) is 117. The summed E-state index contributed by atoms with van der Waals surface area (Å²) in [5.41, 5.74) is 6.22. The van der Waals surface area contributed by atoms with Crippen molar-refractivity contribution in [2.24, 2.45) is 7.05 Å². The average Bonchev–Trinajstić information content (AvgIpc) is 1.69. The van der Waals surface area contributed by atoms with Crippen LogP contribution in [0.5, 0.6) is 11.5 Å². The Morgan fingerprint density at radius 1 is 0.442 bits per heavy atom. The molecule has 14 aromatic rings. The van der Waals surface area contributed by atoms with E-state index in [2.05, 4.69) is 354 Å². The molecule has 5 aliphatic rings. The Balaban J connectivity index is 0.000000144. The highest BCUT2D eigenvalue weighted by atomic mass is 32.2. The molecule has 0 bridgehead atoms. The second-order valence-corrected chi connectivity index (χ2v) is 44.1. The maximum Gasteiger partial charge on any atom is 0.180 e. The van der Waals surface area contributed by atoms with Crippen LogP contribution in [-0.4, -0.2) is 125 Å². The molecule has 2 saturated heterocycles. The first-order valence-corrected chi connectivity index (χ1v) is 55.8. The smallest absolute Gasteiger partial charge is 0.180 e. The normalized spacial score (nSPS) is 14.5. The van der Waals surface area contributed by atoms with E-state index >= 15 is 0 Å². The highest BCUT2D eigenvalue weighted by molar-refractivity contribution is 7.98. The number of aliphatic hydroxyl groups excluding tert-OH is 2. The molecule has 19 rings (SSSR count). The van der Waals surface area contributed by atoms with Gasteiger partial charge in [-0.05, 0) is 251 Å². The number of aromatic nitrogens is 3. The molecule has 0 unspecified atom stereocenters. The molecular weight excluding hydrogens is 1840 g/mol. The minimum atomic E-state index is -0.348. The number of fused-ring (bicyclic) bond motifs is 1. The molecule has 5 fully saturated rings. The van der Waals surface area contributed by atoms with Crippen LogP contribution in [0.1, 0.15) is 151 Å². The van der Waals surface area contributed by atoms with Gasteiger partial charge in [0.05, 0.1) is 82.8 Å². The number of nitrogens with zero attached hydrogens (tertiary/aromatic N) is 4. The molecule has 3 aliphatic carbocycles. The number of hydrogen-bond donors (Lipinski definition) is 4. The van der Waals surface area contributed by atoms with Crippen LogP contribution in [0, 0.1) is 5.82 Å². The van der Waals surface area contributed by atoms with Gasteiger partial charge in [-0.2, -0.15) is 8.67 Å². The number of aliphatic hydroxyl groups is 2. The molecule has 0 amide bonds. The summed E-state index contributed by atoms with van der Waals surface area (Å²) in [6.07, 6.45) is 32.9. The standard InChI is InChI=1S/2C24H25S.C18H15S.C13H16NS.C12H17NO.C10H9FN2O.C8H17NO3S.C6H15NO5S/c2*1-4-10-20(11-5-1)21-16-18-24(19-17-21)25(22-12-6-2-7-13-22)23-14-8-3-9-15-23;1-4-10-16(11-5-1)19(17-12-6-2-7-13-17)18-14-8-3-9-15-18;1-14-10-13(15-8-4-5-9-15)11-6-2-3-7-12(11)14;1-14-12-7-5-11(6-8-12)13-9-3-2-4-10-13;1-14-7-2-3-8(9(11)6-7)10-12-4-5-13-10;10-11-12-13-7-6-9-8-4-2-1-3-5-8;8-4-1-7(2-5-9)3-6-13-12-11-10/h2*2-3,6-9,12-20H,1,4-5,10-11H2;1-15H;2-3,6-7,10H,4-5,8-9H2,1H3;5-8H,2-4,9-10H2,1H3;2-6H,1H3,(H,12,13);8-10H,1-7H2;8-10H,1-6H2/q4*+1;;;;/p-2. The van der Waals surface area contributed by atoms with Gasteiger partial charge in [0.25, 0.3) is 0 Å². The predicted octanol–water partition coefficient (Wildman–Crippen LogP) is 25.2. The fourth-order valence-corrected chi connectivity index (χ4v) is 27.4. The van der Waals surface area contributed by atoms with Crippen molar-refractivity contribution in [2.45, 2.75) is 195 Å². The zero-order valence-corrected chi connectivity index (χ0v) is 84.9. The molecule has 3 saturated carbocycles. The summed E-state index contributed by atoms with van der Waals surface area (Å²) >= 11 is 1.94. The van der Waals surface area contributed by atoms with Crippen LogP contribution in [-0.2, 0) is 69.4 Å². The van der Waals surface area contributed by atoms with Gasteiger partial charge >= 0.3 is 0 Å². The fourth-order valence-electron chi connectivity index (χ4n) is 17.8. The first-order chi connectivity index (χ1) is 68.1. The number of rotatable bonds is 31. The van der Waals surface area contributed by atoms with Crippen molar-refractivity contribution in [3.63, 3.8) is 0 Å².